The van der Waals surface area contributed by atoms with Gasteiger partial charge in [0.25, 0.3) is 5.91 Å². The van der Waals surface area contributed by atoms with Crippen molar-refractivity contribution >= 4 is 15.9 Å². The molecule has 0 unspecified atom stereocenters. The van der Waals surface area contributed by atoms with Crippen molar-refractivity contribution in [2.24, 2.45) is 5.92 Å². The maximum Gasteiger partial charge on any atom is 0.252 e. The molecule has 0 aromatic heterocycles. The number of nitrogens with zero attached hydrogens (tertiary/aromatic N) is 1. The molecule has 0 spiro atoms. The molecule has 3 rings (SSSR count). The smallest absolute Gasteiger partial charge is 0.252 e. The van der Waals surface area contributed by atoms with Crippen molar-refractivity contribution in [3.63, 3.8) is 0 Å². The van der Waals surface area contributed by atoms with Crippen molar-refractivity contribution in [3.8, 4) is 0 Å². The summed E-state index contributed by atoms with van der Waals surface area (Å²) in [6, 6.07) is 6.59. The van der Waals surface area contributed by atoms with Crippen LogP contribution in [0.15, 0.2) is 29.2 Å². The third-order valence-corrected chi connectivity index (χ3v) is 7.30. The van der Waals surface area contributed by atoms with E-state index in [1.807, 2.05) is 0 Å². The maximum absolute atomic E-state index is 13.0. The van der Waals surface area contributed by atoms with E-state index in [9.17, 15) is 13.2 Å². The summed E-state index contributed by atoms with van der Waals surface area (Å²) in [4.78, 5) is 12.8. The molecule has 1 saturated heterocycles. The van der Waals surface area contributed by atoms with Gasteiger partial charge in [0.15, 0.2) is 0 Å². The second-order valence-electron chi connectivity index (χ2n) is 7.17. The normalized spacial score (nSPS) is 20.3. The van der Waals surface area contributed by atoms with Crippen LogP contribution in [-0.2, 0) is 10.0 Å². The summed E-state index contributed by atoms with van der Waals surface area (Å²) in [6.07, 6.45) is 8.85. The molecule has 1 aromatic carbocycles. The van der Waals surface area contributed by atoms with Crippen LogP contribution in [0.25, 0.3) is 0 Å². The standard InChI is InChI=1S/C19H28N2O3S/c22-19(20-15-16-9-3-1-4-10-16)17-11-5-6-12-18(17)25(23,24)21-13-7-2-8-14-21/h5-6,11-12,16H,1-4,7-10,13-15H2,(H,20,22). The predicted octanol–water partition coefficient (Wildman–Crippen LogP) is 3.17. The molecule has 0 radical (unpaired) electrons. The van der Waals surface area contributed by atoms with Crippen molar-refractivity contribution in [2.45, 2.75) is 56.3 Å². The lowest BCUT2D eigenvalue weighted by Gasteiger charge is -2.27. The summed E-state index contributed by atoms with van der Waals surface area (Å²) in [5, 5.41) is 2.96. The fourth-order valence-corrected chi connectivity index (χ4v) is 5.55. The molecule has 1 aromatic rings. The number of amides is 1. The van der Waals surface area contributed by atoms with Crippen molar-refractivity contribution in [1.82, 2.24) is 9.62 Å². The molecule has 1 aliphatic heterocycles. The molecule has 1 aliphatic carbocycles. The topological polar surface area (TPSA) is 66.5 Å². The minimum Gasteiger partial charge on any atom is -0.352 e. The molecule has 0 atom stereocenters. The number of carbonyl (C=O) groups excluding carboxylic acids is 1. The maximum atomic E-state index is 13.0. The van der Waals surface area contributed by atoms with Crippen LogP contribution in [0.3, 0.4) is 0 Å². The molecular weight excluding hydrogens is 336 g/mol. The van der Waals surface area contributed by atoms with Gasteiger partial charge in [0.1, 0.15) is 0 Å². The number of nitrogens with one attached hydrogen (secondary N) is 1. The van der Waals surface area contributed by atoms with Crippen LogP contribution in [0.5, 0.6) is 0 Å². The first-order valence-corrected chi connectivity index (χ1v) is 10.9. The van der Waals surface area contributed by atoms with E-state index < -0.39 is 10.0 Å². The van der Waals surface area contributed by atoms with Gasteiger partial charge in [-0.3, -0.25) is 4.79 Å². The predicted molar refractivity (Wildman–Crippen MR) is 98.0 cm³/mol. The van der Waals surface area contributed by atoms with Crippen LogP contribution in [-0.4, -0.2) is 38.3 Å². The molecule has 1 N–H and O–H groups in total. The number of hydrogen-bond donors (Lipinski definition) is 1. The van der Waals surface area contributed by atoms with Gasteiger partial charge in [0.05, 0.1) is 10.5 Å². The van der Waals surface area contributed by atoms with Crippen molar-refractivity contribution in [3.05, 3.63) is 29.8 Å². The second-order valence-corrected chi connectivity index (χ2v) is 9.08. The first-order valence-electron chi connectivity index (χ1n) is 9.46. The lowest BCUT2D eigenvalue weighted by atomic mass is 9.89. The third-order valence-electron chi connectivity index (χ3n) is 5.34. The highest BCUT2D eigenvalue weighted by molar-refractivity contribution is 7.89. The lowest BCUT2D eigenvalue weighted by molar-refractivity contribution is 0.0940. The van der Waals surface area contributed by atoms with Gasteiger partial charge in [0, 0.05) is 19.6 Å². The largest absolute Gasteiger partial charge is 0.352 e. The van der Waals surface area contributed by atoms with Gasteiger partial charge in [-0.15, -0.1) is 0 Å². The zero-order chi connectivity index (χ0) is 17.7. The van der Waals surface area contributed by atoms with E-state index in [-0.39, 0.29) is 16.4 Å². The molecule has 1 saturated carbocycles. The van der Waals surface area contributed by atoms with Gasteiger partial charge in [0.2, 0.25) is 10.0 Å². The molecule has 25 heavy (non-hydrogen) atoms. The van der Waals surface area contributed by atoms with Gasteiger partial charge in [-0.25, -0.2) is 8.42 Å². The number of benzene rings is 1. The Morgan fingerprint density at radius 1 is 1.00 bits per heavy atom. The number of piperidine rings is 1. The van der Waals surface area contributed by atoms with Crippen LogP contribution < -0.4 is 5.32 Å². The monoisotopic (exact) mass is 364 g/mol. The Morgan fingerprint density at radius 2 is 1.64 bits per heavy atom. The van der Waals surface area contributed by atoms with Gasteiger partial charge >= 0.3 is 0 Å². The van der Waals surface area contributed by atoms with Gasteiger partial charge in [-0.1, -0.05) is 37.8 Å². The average Bonchev–Trinajstić information content (AvgIpc) is 2.67. The van der Waals surface area contributed by atoms with Crippen LogP contribution in [0, 0.1) is 5.92 Å². The van der Waals surface area contributed by atoms with E-state index >= 15 is 0 Å². The van der Waals surface area contributed by atoms with Crippen molar-refractivity contribution in [1.29, 1.82) is 0 Å². The van der Waals surface area contributed by atoms with Crippen LogP contribution in [0.2, 0.25) is 0 Å². The summed E-state index contributed by atoms with van der Waals surface area (Å²) >= 11 is 0. The van der Waals surface area contributed by atoms with Gasteiger partial charge in [-0.05, 0) is 43.7 Å². The SMILES string of the molecule is O=C(NCC1CCCCC1)c1ccccc1S(=O)(=O)N1CCCCC1. The molecule has 6 heteroatoms. The Balaban J connectivity index is 1.74. The molecule has 5 nitrogen and oxygen atoms in total. The van der Waals surface area contributed by atoms with Crippen molar-refractivity contribution in [2.75, 3.05) is 19.6 Å². The van der Waals surface area contributed by atoms with Crippen LogP contribution >= 0.6 is 0 Å². The third kappa shape index (κ3) is 4.42. The molecule has 2 aliphatic rings. The van der Waals surface area contributed by atoms with E-state index in [1.54, 1.807) is 24.3 Å². The highest BCUT2D eigenvalue weighted by Crippen LogP contribution is 2.25. The highest BCUT2D eigenvalue weighted by atomic mass is 32.2. The Bertz CT molecular complexity index is 690. The van der Waals surface area contributed by atoms with Crippen LogP contribution in [0.1, 0.15) is 61.7 Å². The van der Waals surface area contributed by atoms with E-state index in [2.05, 4.69) is 5.32 Å². The van der Waals surface area contributed by atoms with Crippen molar-refractivity contribution < 1.29 is 13.2 Å². The molecule has 2 fully saturated rings. The summed E-state index contributed by atoms with van der Waals surface area (Å²) in [5.41, 5.74) is 0.267. The van der Waals surface area contributed by atoms with Crippen LogP contribution in [0.4, 0.5) is 0 Å². The zero-order valence-corrected chi connectivity index (χ0v) is 15.6. The summed E-state index contributed by atoms with van der Waals surface area (Å²) < 4.78 is 27.4. The average molecular weight is 365 g/mol. The minimum atomic E-state index is -3.61. The van der Waals surface area contributed by atoms with E-state index in [0.717, 1.165) is 32.1 Å². The molecule has 138 valence electrons. The molecular formula is C19H28N2O3S. The van der Waals surface area contributed by atoms with E-state index in [1.165, 1.54) is 23.6 Å². The second kappa shape index (κ2) is 8.32. The molecule has 1 amide bonds. The van der Waals surface area contributed by atoms with Gasteiger partial charge in [-0.2, -0.15) is 4.31 Å². The molecule has 0 bridgehead atoms. The quantitative estimate of drug-likeness (QED) is 0.873. The Hall–Kier alpha value is -1.40. The number of rotatable bonds is 5. The fraction of sp³-hybridized carbons (Fsp3) is 0.632. The van der Waals surface area contributed by atoms with Gasteiger partial charge < -0.3 is 5.32 Å². The van der Waals surface area contributed by atoms with E-state index in [0.29, 0.717) is 25.6 Å². The molecule has 1 heterocycles. The number of sulfonamides is 1. The lowest BCUT2D eigenvalue weighted by Crippen LogP contribution is -2.37. The summed E-state index contributed by atoms with van der Waals surface area (Å²) in [6.45, 7) is 1.72. The first-order chi connectivity index (χ1) is 12.1. The summed E-state index contributed by atoms with van der Waals surface area (Å²) in [7, 11) is -3.61. The Kier molecular flexibility index (Phi) is 6.12. The number of hydrogen-bond acceptors (Lipinski definition) is 3. The Labute approximate surface area is 150 Å². The first kappa shape index (κ1) is 18.4. The Morgan fingerprint density at radius 3 is 2.36 bits per heavy atom. The zero-order valence-electron chi connectivity index (χ0n) is 14.7. The fourth-order valence-electron chi connectivity index (χ4n) is 3.85. The minimum absolute atomic E-state index is 0.137. The highest BCUT2D eigenvalue weighted by Gasteiger charge is 2.29. The summed E-state index contributed by atoms with van der Waals surface area (Å²) in [5.74, 6) is 0.241. The number of carbonyl (C=O) groups is 1. The van der Waals surface area contributed by atoms with E-state index in [4.69, 9.17) is 0 Å².